The van der Waals surface area contributed by atoms with Crippen LogP contribution < -0.4 is 5.32 Å². The zero-order valence-electron chi connectivity index (χ0n) is 14.0. The van der Waals surface area contributed by atoms with Gasteiger partial charge in [-0.15, -0.1) is 0 Å². The van der Waals surface area contributed by atoms with Gasteiger partial charge in [0, 0.05) is 0 Å². The zero-order valence-corrected chi connectivity index (χ0v) is 14.0. The van der Waals surface area contributed by atoms with Crippen molar-refractivity contribution in [2.75, 3.05) is 5.32 Å². The number of aryl methyl sites for hydroxylation is 3. The van der Waals surface area contributed by atoms with Gasteiger partial charge < -0.3 is 5.32 Å². The average Bonchev–Trinajstić information content (AvgIpc) is 2.84. The van der Waals surface area contributed by atoms with Crippen LogP contribution in [0.15, 0.2) is 24.3 Å². The monoisotopic (exact) mass is 295 g/mol. The second-order valence-electron chi connectivity index (χ2n) is 6.26. The second kappa shape index (κ2) is 6.07. The molecule has 3 rings (SSSR count). The number of hydrogen-bond donors (Lipinski definition) is 1. The minimum Gasteiger partial charge on any atom is -0.361 e. The fraction of sp³-hybridized carbons (Fsp3) is 0.474. The summed E-state index contributed by atoms with van der Waals surface area (Å²) < 4.78 is 0. The summed E-state index contributed by atoms with van der Waals surface area (Å²) >= 11 is 0. The second-order valence-corrected chi connectivity index (χ2v) is 6.26. The number of anilines is 1. The minimum absolute atomic E-state index is 0.336. The van der Waals surface area contributed by atoms with Gasteiger partial charge in [0.2, 0.25) is 0 Å². The van der Waals surface area contributed by atoms with Crippen LogP contribution in [0.3, 0.4) is 0 Å². The van der Waals surface area contributed by atoms with Crippen molar-refractivity contribution in [3.63, 3.8) is 0 Å². The lowest BCUT2D eigenvalue weighted by molar-refractivity contribution is 0.539. The third-order valence-electron chi connectivity index (χ3n) is 4.70. The largest absolute Gasteiger partial charge is 0.361 e. The molecule has 1 N–H and O–H groups in total. The van der Waals surface area contributed by atoms with Gasteiger partial charge in [0.1, 0.15) is 5.82 Å². The maximum Gasteiger partial charge on any atom is 0.148 e. The van der Waals surface area contributed by atoms with Crippen LogP contribution in [-0.4, -0.2) is 9.97 Å². The molecule has 0 saturated carbocycles. The van der Waals surface area contributed by atoms with Crippen LogP contribution >= 0.6 is 0 Å². The Balaban J connectivity index is 1.96. The number of nitrogens with one attached hydrogen (secondary N) is 1. The Labute approximate surface area is 133 Å². The van der Waals surface area contributed by atoms with Crippen molar-refractivity contribution < 1.29 is 0 Å². The highest BCUT2D eigenvalue weighted by Gasteiger charge is 2.29. The normalized spacial score (nSPS) is 20.0. The lowest BCUT2D eigenvalue weighted by atomic mass is 10.0. The van der Waals surface area contributed by atoms with E-state index in [0.717, 1.165) is 42.2 Å². The van der Waals surface area contributed by atoms with Crippen LogP contribution in [0.2, 0.25) is 0 Å². The molecule has 0 amide bonds. The molecule has 3 heteroatoms. The summed E-state index contributed by atoms with van der Waals surface area (Å²) in [5.74, 6) is 1.55. The van der Waals surface area contributed by atoms with Crippen molar-refractivity contribution in [2.24, 2.45) is 5.92 Å². The first-order chi connectivity index (χ1) is 10.6. The number of nitrogens with zero attached hydrogens (tertiary/aromatic N) is 2. The molecule has 0 fully saturated rings. The Morgan fingerprint density at radius 2 is 1.82 bits per heavy atom. The van der Waals surface area contributed by atoms with Crippen molar-refractivity contribution in [2.45, 2.75) is 53.0 Å². The highest BCUT2D eigenvalue weighted by molar-refractivity contribution is 5.48. The molecule has 1 aliphatic carbocycles. The van der Waals surface area contributed by atoms with E-state index in [0.29, 0.717) is 12.0 Å². The van der Waals surface area contributed by atoms with E-state index in [1.807, 2.05) is 0 Å². The Kier molecular flexibility index (Phi) is 4.14. The first kappa shape index (κ1) is 15.0. The van der Waals surface area contributed by atoms with E-state index >= 15 is 0 Å². The fourth-order valence-corrected chi connectivity index (χ4v) is 3.46. The molecule has 0 radical (unpaired) electrons. The van der Waals surface area contributed by atoms with Crippen LogP contribution in [0.25, 0.3) is 0 Å². The Morgan fingerprint density at radius 1 is 1.09 bits per heavy atom. The van der Waals surface area contributed by atoms with Crippen LogP contribution in [0.1, 0.15) is 55.0 Å². The van der Waals surface area contributed by atoms with Gasteiger partial charge in [-0.25, -0.2) is 4.98 Å². The van der Waals surface area contributed by atoms with Gasteiger partial charge in [0.15, 0.2) is 0 Å². The Hall–Kier alpha value is -1.90. The summed E-state index contributed by atoms with van der Waals surface area (Å²) in [6.07, 6.45) is 2.96. The van der Waals surface area contributed by atoms with Crippen LogP contribution in [0.4, 0.5) is 5.82 Å². The molecule has 1 aromatic heterocycles. The number of benzene rings is 1. The molecule has 2 atom stereocenters. The molecule has 0 unspecified atom stereocenters. The van der Waals surface area contributed by atoms with Gasteiger partial charge in [-0.05, 0) is 43.2 Å². The van der Waals surface area contributed by atoms with Crippen LogP contribution in [0, 0.1) is 12.8 Å². The topological polar surface area (TPSA) is 37.8 Å². The standard InChI is InChI=1S/C19H25N3/c1-5-16-13(4)20-17(6-2)19(21-16)22-18-12(3)11-14-9-7-8-10-15(14)18/h7-10,12,18H,5-6,11H2,1-4H3,(H,21,22)/t12-,18-/m0/s1. The van der Waals surface area contributed by atoms with E-state index < -0.39 is 0 Å². The molecular weight excluding hydrogens is 270 g/mol. The lowest BCUT2D eigenvalue weighted by Crippen LogP contribution is -2.18. The molecule has 0 aliphatic heterocycles. The van der Waals surface area contributed by atoms with E-state index in [9.17, 15) is 0 Å². The van der Waals surface area contributed by atoms with Crippen molar-refractivity contribution in [3.8, 4) is 0 Å². The van der Waals surface area contributed by atoms with Gasteiger partial charge in [0.25, 0.3) is 0 Å². The minimum atomic E-state index is 0.336. The highest BCUT2D eigenvalue weighted by atomic mass is 15.1. The van der Waals surface area contributed by atoms with Gasteiger partial charge in [-0.2, -0.15) is 0 Å². The molecule has 2 aromatic rings. The predicted octanol–water partition coefficient (Wildman–Crippen LogP) is 4.26. The van der Waals surface area contributed by atoms with Crippen molar-refractivity contribution in [1.82, 2.24) is 9.97 Å². The van der Waals surface area contributed by atoms with Crippen LogP contribution in [-0.2, 0) is 19.3 Å². The number of rotatable bonds is 4. The predicted molar refractivity (Wildman–Crippen MR) is 91.2 cm³/mol. The Bertz CT molecular complexity index is 678. The smallest absolute Gasteiger partial charge is 0.148 e. The summed E-state index contributed by atoms with van der Waals surface area (Å²) in [5.41, 5.74) is 6.11. The SMILES string of the molecule is CCc1nc(N[C@@H]2c3ccccc3C[C@@H]2C)c(CC)nc1C. The van der Waals surface area contributed by atoms with E-state index in [1.165, 1.54) is 11.1 Å². The fourth-order valence-electron chi connectivity index (χ4n) is 3.46. The molecule has 116 valence electrons. The number of fused-ring (bicyclic) bond motifs is 1. The third kappa shape index (κ3) is 2.60. The first-order valence-corrected chi connectivity index (χ1v) is 8.34. The first-order valence-electron chi connectivity index (χ1n) is 8.34. The summed E-state index contributed by atoms with van der Waals surface area (Å²) in [6.45, 7) is 8.65. The van der Waals surface area contributed by atoms with Crippen LogP contribution in [0.5, 0.6) is 0 Å². The summed E-state index contributed by atoms with van der Waals surface area (Å²) in [7, 11) is 0. The molecule has 0 spiro atoms. The van der Waals surface area contributed by atoms with Gasteiger partial charge in [-0.1, -0.05) is 45.0 Å². The molecular formula is C19H25N3. The Morgan fingerprint density at radius 3 is 2.55 bits per heavy atom. The van der Waals surface area contributed by atoms with Gasteiger partial charge in [0.05, 0.1) is 23.1 Å². The summed E-state index contributed by atoms with van der Waals surface area (Å²) in [5, 5.41) is 3.69. The quantitative estimate of drug-likeness (QED) is 0.916. The average molecular weight is 295 g/mol. The molecule has 1 heterocycles. The highest BCUT2D eigenvalue weighted by Crippen LogP contribution is 2.38. The van der Waals surface area contributed by atoms with Gasteiger partial charge >= 0.3 is 0 Å². The van der Waals surface area contributed by atoms with Crippen molar-refractivity contribution in [3.05, 3.63) is 52.5 Å². The van der Waals surface area contributed by atoms with Crippen molar-refractivity contribution in [1.29, 1.82) is 0 Å². The number of aromatic nitrogens is 2. The third-order valence-corrected chi connectivity index (χ3v) is 4.70. The van der Waals surface area contributed by atoms with E-state index in [4.69, 9.17) is 9.97 Å². The van der Waals surface area contributed by atoms with Gasteiger partial charge in [-0.3, -0.25) is 4.98 Å². The van der Waals surface area contributed by atoms with Crippen molar-refractivity contribution >= 4 is 5.82 Å². The molecule has 3 nitrogen and oxygen atoms in total. The molecule has 0 saturated heterocycles. The lowest BCUT2D eigenvalue weighted by Gasteiger charge is -2.21. The summed E-state index contributed by atoms with van der Waals surface area (Å²) in [4.78, 5) is 9.62. The van der Waals surface area contributed by atoms with E-state index in [2.05, 4.69) is 57.3 Å². The maximum absolute atomic E-state index is 4.86. The summed E-state index contributed by atoms with van der Waals surface area (Å²) in [6, 6.07) is 9.08. The molecule has 1 aromatic carbocycles. The zero-order chi connectivity index (χ0) is 15.7. The molecule has 1 aliphatic rings. The molecule has 22 heavy (non-hydrogen) atoms. The maximum atomic E-state index is 4.86. The van der Waals surface area contributed by atoms with E-state index in [1.54, 1.807) is 0 Å². The number of hydrogen-bond acceptors (Lipinski definition) is 3. The van der Waals surface area contributed by atoms with E-state index in [-0.39, 0.29) is 0 Å². The molecule has 0 bridgehead atoms.